The van der Waals surface area contributed by atoms with Crippen LogP contribution in [-0.4, -0.2) is 28.9 Å². The van der Waals surface area contributed by atoms with Crippen LogP contribution in [0, 0.1) is 0 Å². The Kier molecular flexibility index (Phi) is 5.10. The summed E-state index contributed by atoms with van der Waals surface area (Å²) in [6, 6.07) is 14.9. The number of thioether (sulfide) groups is 1. The zero-order valence-electron chi connectivity index (χ0n) is 16.4. The number of hydrogen-bond acceptors (Lipinski definition) is 5. The monoisotopic (exact) mass is 409 g/mol. The molecule has 4 rings (SSSR count). The quantitative estimate of drug-likeness (QED) is 0.530. The van der Waals surface area contributed by atoms with E-state index in [4.69, 9.17) is 9.84 Å². The van der Waals surface area contributed by atoms with E-state index in [1.54, 1.807) is 16.7 Å². The van der Waals surface area contributed by atoms with Crippen molar-refractivity contribution in [2.45, 2.75) is 25.2 Å². The molecule has 0 aliphatic carbocycles. The van der Waals surface area contributed by atoms with Crippen LogP contribution in [0.4, 0.5) is 5.69 Å². The topological polar surface area (TPSA) is 79.2 Å². The maximum Gasteiger partial charge on any atom is 0.325 e. The van der Waals surface area contributed by atoms with Crippen molar-refractivity contribution in [3.05, 3.63) is 64.4 Å². The van der Waals surface area contributed by atoms with Crippen LogP contribution in [0.1, 0.15) is 25.6 Å². The minimum absolute atomic E-state index is 0.136. The third-order valence-electron chi connectivity index (χ3n) is 4.79. The van der Waals surface area contributed by atoms with Crippen LogP contribution in [0.2, 0.25) is 0 Å². The SMILES string of the molecule is CCSc1n[n+]2c(c(=O)[nH]1)-c1ccccc1N(C(C)=O)[C@H]2c1ccc(OC)cc1. The Bertz CT molecular complexity index is 1130. The molecule has 0 bridgehead atoms. The van der Waals surface area contributed by atoms with E-state index in [0.717, 1.165) is 11.3 Å². The number of para-hydroxylation sites is 1. The van der Waals surface area contributed by atoms with E-state index in [0.29, 0.717) is 27.9 Å². The number of benzene rings is 2. The molecule has 148 valence electrons. The summed E-state index contributed by atoms with van der Waals surface area (Å²) in [6.45, 7) is 3.51. The summed E-state index contributed by atoms with van der Waals surface area (Å²) in [7, 11) is 1.60. The number of rotatable bonds is 4. The van der Waals surface area contributed by atoms with Gasteiger partial charge in [-0.1, -0.05) is 30.8 Å². The Balaban J connectivity index is 2.03. The number of aromatic amines is 1. The normalized spacial score (nSPS) is 14.9. The third-order valence-corrected chi connectivity index (χ3v) is 5.54. The predicted octanol–water partition coefficient (Wildman–Crippen LogP) is 2.76. The molecule has 1 amide bonds. The Morgan fingerprint density at radius 2 is 1.97 bits per heavy atom. The van der Waals surface area contributed by atoms with Crippen molar-refractivity contribution in [1.29, 1.82) is 0 Å². The Morgan fingerprint density at radius 1 is 1.24 bits per heavy atom. The number of amides is 1. The number of carbonyl (C=O) groups is 1. The highest BCUT2D eigenvalue weighted by atomic mass is 32.2. The predicted molar refractivity (Wildman–Crippen MR) is 111 cm³/mol. The lowest BCUT2D eigenvalue weighted by Gasteiger charge is -2.31. The molecule has 0 saturated heterocycles. The van der Waals surface area contributed by atoms with Gasteiger partial charge in [0.2, 0.25) is 11.1 Å². The summed E-state index contributed by atoms with van der Waals surface area (Å²) in [4.78, 5) is 30.3. The number of nitrogens with zero attached hydrogens (tertiary/aromatic N) is 3. The summed E-state index contributed by atoms with van der Waals surface area (Å²) in [5, 5.41) is 5.21. The highest BCUT2D eigenvalue weighted by molar-refractivity contribution is 7.99. The van der Waals surface area contributed by atoms with E-state index in [-0.39, 0.29) is 11.5 Å². The van der Waals surface area contributed by atoms with Crippen molar-refractivity contribution in [1.82, 2.24) is 10.1 Å². The molecular formula is C21H21N4O3S+. The van der Waals surface area contributed by atoms with Crippen LogP contribution in [0.3, 0.4) is 0 Å². The number of nitrogens with one attached hydrogen (secondary N) is 1. The van der Waals surface area contributed by atoms with Crippen LogP contribution in [0.5, 0.6) is 5.75 Å². The third kappa shape index (κ3) is 3.29. The summed E-state index contributed by atoms with van der Waals surface area (Å²) in [5.41, 5.74) is 2.38. The Hall–Kier alpha value is -3.13. The van der Waals surface area contributed by atoms with Gasteiger partial charge in [0.1, 0.15) is 5.75 Å². The number of methoxy groups -OCH3 is 1. The van der Waals surface area contributed by atoms with Crippen LogP contribution >= 0.6 is 11.8 Å². The summed E-state index contributed by atoms with van der Waals surface area (Å²) in [6.07, 6.45) is -0.582. The largest absolute Gasteiger partial charge is 0.497 e. The van der Waals surface area contributed by atoms with Crippen LogP contribution < -0.4 is 19.9 Å². The van der Waals surface area contributed by atoms with E-state index in [2.05, 4.69) is 4.98 Å². The summed E-state index contributed by atoms with van der Waals surface area (Å²) in [5.74, 6) is 1.34. The van der Waals surface area contributed by atoms with Gasteiger partial charge in [0.25, 0.3) is 6.17 Å². The molecule has 2 heterocycles. The molecule has 7 nitrogen and oxygen atoms in total. The number of ether oxygens (including phenoxy) is 1. The second-order valence-electron chi connectivity index (χ2n) is 6.54. The molecule has 29 heavy (non-hydrogen) atoms. The van der Waals surface area contributed by atoms with Crippen molar-refractivity contribution in [2.75, 3.05) is 17.8 Å². The van der Waals surface area contributed by atoms with E-state index >= 15 is 0 Å². The van der Waals surface area contributed by atoms with Crippen LogP contribution in [0.15, 0.2) is 58.5 Å². The first-order valence-electron chi connectivity index (χ1n) is 9.27. The van der Waals surface area contributed by atoms with E-state index in [9.17, 15) is 9.59 Å². The first-order valence-corrected chi connectivity index (χ1v) is 10.3. The highest BCUT2D eigenvalue weighted by Crippen LogP contribution is 2.37. The minimum Gasteiger partial charge on any atom is -0.497 e. The van der Waals surface area contributed by atoms with Crippen LogP contribution in [-0.2, 0) is 4.79 Å². The molecule has 0 saturated carbocycles. The molecule has 1 atom stereocenters. The fourth-order valence-corrected chi connectivity index (χ4v) is 4.17. The molecule has 0 fully saturated rings. The second-order valence-corrected chi connectivity index (χ2v) is 7.79. The Labute approximate surface area is 172 Å². The first-order chi connectivity index (χ1) is 14.0. The van der Waals surface area contributed by atoms with Gasteiger partial charge >= 0.3 is 11.3 Å². The lowest BCUT2D eigenvalue weighted by molar-refractivity contribution is -0.763. The van der Waals surface area contributed by atoms with E-state index in [1.807, 2.05) is 55.5 Å². The van der Waals surface area contributed by atoms with Gasteiger partial charge in [-0.2, -0.15) is 0 Å². The first kappa shape index (κ1) is 19.2. The average Bonchev–Trinajstić information content (AvgIpc) is 2.72. The molecule has 3 aromatic rings. The van der Waals surface area contributed by atoms with Crippen molar-refractivity contribution in [3.63, 3.8) is 0 Å². The van der Waals surface area contributed by atoms with Crippen LogP contribution in [0.25, 0.3) is 11.3 Å². The number of carbonyl (C=O) groups excluding carboxylic acids is 1. The van der Waals surface area contributed by atoms with Crippen molar-refractivity contribution < 1.29 is 14.2 Å². The fraction of sp³-hybridized carbons (Fsp3) is 0.238. The molecule has 0 spiro atoms. The van der Waals surface area contributed by atoms with Crippen molar-refractivity contribution >= 4 is 23.4 Å². The van der Waals surface area contributed by atoms with E-state index in [1.165, 1.54) is 18.7 Å². The summed E-state index contributed by atoms with van der Waals surface area (Å²) >= 11 is 1.45. The average molecular weight is 409 g/mol. The van der Waals surface area contributed by atoms with Gasteiger partial charge in [-0.15, -0.1) is 0 Å². The zero-order valence-corrected chi connectivity index (χ0v) is 17.2. The van der Waals surface area contributed by atoms with Gasteiger partial charge in [0.15, 0.2) is 0 Å². The number of anilines is 1. The minimum atomic E-state index is -0.582. The standard InChI is InChI=1S/C21H20N4O3S/c1-4-29-21-22-19(27)18-16-7-5-6-8-17(16)24(13(2)26)20(25(18)23-21)14-9-11-15(28-3)12-10-14/h5-12,20H,4H2,1-3H3/p+1/t20-/m1/s1. The number of aromatic nitrogens is 3. The fourth-order valence-electron chi connectivity index (χ4n) is 3.59. The maximum atomic E-state index is 13.0. The highest BCUT2D eigenvalue weighted by Gasteiger charge is 2.44. The zero-order chi connectivity index (χ0) is 20.5. The molecule has 8 heteroatoms. The lowest BCUT2D eigenvalue weighted by Crippen LogP contribution is -2.60. The smallest absolute Gasteiger partial charge is 0.325 e. The molecule has 1 N–H and O–H groups in total. The molecule has 1 aliphatic heterocycles. The number of hydrogen-bond donors (Lipinski definition) is 1. The molecule has 1 aliphatic rings. The molecule has 2 aromatic carbocycles. The van der Waals surface area contributed by atoms with Gasteiger partial charge in [-0.05, 0) is 46.8 Å². The number of fused-ring (bicyclic) bond motifs is 3. The Morgan fingerprint density at radius 3 is 2.62 bits per heavy atom. The van der Waals surface area contributed by atoms with E-state index < -0.39 is 6.17 Å². The van der Waals surface area contributed by atoms with Crippen molar-refractivity contribution in [2.24, 2.45) is 0 Å². The lowest BCUT2D eigenvalue weighted by atomic mass is 10.0. The van der Waals surface area contributed by atoms with Gasteiger partial charge in [-0.25, -0.2) is 4.90 Å². The molecule has 0 radical (unpaired) electrons. The van der Waals surface area contributed by atoms with Gasteiger partial charge in [0, 0.05) is 17.6 Å². The number of H-pyrrole nitrogens is 1. The summed E-state index contributed by atoms with van der Waals surface area (Å²) < 4.78 is 6.92. The molecular weight excluding hydrogens is 388 g/mol. The molecule has 0 unspecified atom stereocenters. The second kappa shape index (κ2) is 7.71. The van der Waals surface area contributed by atoms with Gasteiger partial charge in [-0.3, -0.25) is 14.6 Å². The molecule has 1 aromatic heterocycles. The van der Waals surface area contributed by atoms with Crippen molar-refractivity contribution in [3.8, 4) is 17.0 Å². The van der Waals surface area contributed by atoms with Gasteiger partial charge < -0.3 is 4.74 Å². The maximum absolute atomic E-state index is 13.0. The van der Waals surface area contributed by atoms with Gasteiger partial charge in [0.05, 0.1) is 18.4 Å².